The molecule has 3 rings (SSSR count). The summed E-state index contributed by atoms with van der Waals surface area (Å²) in [6.07, 6.45) is 2.13. The average molecular weight is 234 g/mol. The molecule has 2 aromatic rings. The Morgan fingerprint density at radius 1 is 0.941 bits per heavy atom. The van der Waals surface area contributed by atoms with E-state index in [0.29, 0.717) is 7.18 Å². The van der Waals surface area contributed by atoms with E-state index >= 15 is 0 Å². The standard InChI is InChI=1S/C12H10N.CH3F.2CH4/c1-2-6-11-10(5-1)9-13-8-4-3-7-12(11)13;1-2;;/h1-8H,9H2;1H3;2*1H4/q+1;;;. The third-order valence-corrected chi connectivity index (χ3v) is 2.57. The molecule has 1 aromatic carbocycles. The number of hydrogen-bond acceptors (Lipinski definition) is 0. The van der Waals surface area contributed by atoms with Gasteiger partial charge in [-0.15, -0.1) is 0 Å². The van der Waals surface area contributed by atoms with Crippen molar-refractivity contribution in [1.29, 1.82) is 0 Å². The lowest BCUT2D eigenvalue weighted by Crippen LogP contribution is -2.31. The van der Waals surface area contributed by atoms with Gasteiger partial charge < -0.3 is 0 Å². The number of nitrogens with zero attached hydrogens (tertiary/aromatic N) is 1. The van der Waals surface area contributed by atoms with Crippen LogP contribution in [-0.2, 0) is 6.54 Å². The quantitative estimate of drug-likeness (QED) is 0.520. The second-order valence-corrected chi connectivity index (χ2v) is 3.37. The first kappa shape index (κ1) is 15.3. The maximum Gasteiger partial charge on any atom is 0.213 e. The topological polar surface area (TPSA) is 3.88 Å². The Morgan fingerprint density at radius 2 is 1.59 bits per heavy atom. The number of alkyl halides is 1. The van der Waals surface area contributed by atoms with Crippen LogP contribution in [0.15, 0.2) is 48.7 Å². The summed E-state index contributed by atoms with van der Waals surface area (Å²) in [5.41, 5.74) is 4.13. The smallest absolute Gasteiger partial charge is 0.213 e. The molecular weight excluding hydrogens is 213 g/mol. The summed E-state index contributed by atoms with van der Waals surface area (Å²) in [4.78, 5) is 0. The van der Waals surface area contributed by atoms with Gasteiger partial charge in [0.1, 0.15) is 0 Å². The highest BCUT2D eigenvalue weighted by Gasteiger charge is 2.23. The van der Waals surface area contributed by atoms with Crippen LogP contribution in [-0.4, -0.2) is 7.18 Å². The van der Waals surface area contributed by atoms with E-state index in [1.54, 1.807) is 0 Å². The Kier molecular flexibility index (Phi) is 6.11. The molecule has 1 nitrogen and oxygen atoms in total. The summed E-state index contributed by atoms with van der Waals surface area (Å²) >= 11 is 0. The molecular formula is C15H21FN+. The summed E-state index contributed by atoms with van der Waals surface area (Å²) in [6, 6.07) is 14.9. The molecule has 92 valence electrons. The predicted molar refractivity (Wildman–Crippen MR) is 71.7 cm³/mol. The van der Waals surface area contributed by atoms with E-state index in [2.05, 4.69) is 53.2 Å². The van der Waals surface area contributed by atoms with Crippen LogP contribution in [0, 0.1) is 0 Å². The van der Waals surface area contributed by atoms with Gasteiger partial charge in [0.15, 0.2) is 12.7 Å². The van der Waals surface area contributed by atoms with E-state index in [4.69, 9.17) is 0 Å². The van der Waals surface area contributed by atoms with Crippen molar-refractivity contribution in [2.45, 2.75) is 21.4 Å². The van der Waals surface area contributed by atoms with Gasteiger partial charge in [0.2, 0.25) is 5.69 Å². The zero-order valence-corrected chi connectivity index (χ0v) is 8.65. The minimum atomic E-state index is 0. The third kappa shape index (κ3) is 2.70. The minimum absolute atomic E-state index is 0. The van der Waals surface area contributed by atoms with Crippen LogP contribution in [0.25, 0.3) is 11.3 Å². The molecule has 0 bridgehead atoms. The second kappa shape index (κ2) is 6.79. The molecule has 0 N–H and O–H groups in total. The van der Waals surface area contributed by atoms with E-state index in [0.717, 1.165) is 6.54 Å². The van der Waals surface area contributed by atoms with E-state index in [-0.39, 0.29) is 14.9 Å². The Balaban J connectivity index is 0.000000611. The van der Waals surface area contributed by atoms with Crippen LogP contribution in [0.4, 0.5) is 4.39 Å². The lowest BCUT2D eigenvalue weighted by atomic mass is 10.1. The van der Waals surface area contributed by atoms with Gasteiger partial charge in [0, 0.05) is 17.7 Å². The highest BCUT2D eigenvalue weighted by atomic mass is 19.1. The van der Waals surface area contributed by atoms with Crippen molar-refractivity contribution in [2.24, 2.45) is 0 Å². The van der Waals surface area contributed by atoms with Gasteiger partial charge in [-0.25, -0.2) is 0 Å². The van der Waals surface area contributed by atoms with Crippen molar-refractivity contribution in [1.82, 2.24) is 0 Å². The fourth-order valence-corrected chi connectivity index (χ4v) is 1.95. The van der Waals surface area contributed by atoms with Gasteiger partial charge in [0.05, 0.1) is 12.7 Å². The fraction of sp³-hybridized carbons (Fsp3) is 0.267. The SMILES string of the molecule is C.C.CF.c1ccc2c(c1)C[n+]1ccccc1-2. The molecule has 0 spiro atoms. The molecule has 1 aliphatic heterocycles. The third-order valence-electron chi connectivity index (χ3n) is 2.57. The maximum absolute atomic E-state index is 9.50. The fourth-order valence-electron chi connectivity index (χ4n) is 1.95. The maximum atomic E-state index is 9.50. The van der Waals surface area contributed by atoms with Crippen LogP contribution in [0.2, 0.25) is 0 Å². The van der Waals surface area contributed by atoms with Crippen LogP contribution < -0.4 is 4.57 Å². The Morgan fingerprint density at radius 3 is 2.35 bits per heavy atom. The van der Waals surface area contributed by atoms with E-state index < -0.39 is 0 Å². The van der Waals surface area contributed by atoms with Crippen molar-refractivity contribution >= 4 is 0 Å². The first-order valence-corrected chi connectivity index (χ1v) is 4.90. The predicted octanol–water partition coefficient (Wildman–Crippen LogP) is 3.86. The molecule has 2 heteroatoms. The normalized spacial score (nSPS) is 9.76. The number of aromatic nitrogens is 1. The molecule has 1 aliphatic rings. The zero-order valence-electron chi connectivity index (χ0n) is 8.65. The Bertz CT molecular complexity index is 422. The van der Waals surface area contributed by atoms with E-state index in [9.17, 15) is 4.39 Å². The number of pyridine rings is 1. The largest absolute Gasteiger partial charge is 0.255 e. The van der Waals surface area contributed by atoms with Gasteiger partial charge in [-0.05, 0) is 12.1 Å². The van der Waals surface area contributed by atoms with Crippen molar-refractivity contribution in [3.05, 3.63) is 54.2 Å². The summed E-state index contributed by atoms with van der Waals surface area (Å²) < 4.78 is 11.8. The molecule has 0 saturated carbocycles. The van der Waals surface area contributed by atoms with Gasteiger partial charge >= 0.3 is 0 Å². The molecule has 17 heavy (non-hydrogen) atoms. The van der Waals surface area contributed by atoms with Crippen molar-refractivity contribution in [3.63, 3.8) is 0 Å². The lowest BCUT2D eigenvalue weighted by Gasteiger charge is -1.90. The molecule has 2 heterocycles. The van der Waals surface area contributed by atoms with Gasteiger partial charge in [-0.2, -0.15) is 4.57 Å². The van der Waals surface area contributed by atoms with Gasteiger partial charge in [-0.3, -0.25) is 4.39 Å². The molecule has 0 amide bonds. The van der Waals surface area contributed by atoms with Crippen molar-refractivity contribution in [3.8, 4) is 11.3 Å². The number of hydrogen-bond donors (Lipinski definition) is 0. The molecule has 0 radical (unpaired) electrons. The average Bonchev–Trinajstić information content (AvgIpc) is 2.70. The molecule has 0 atom stereocenters. The summed E-state index contributed by atoms with van der Waals surface area (Å²) in [5.74, 6) is 0. The Hall–Kier alpha value is -1.70. The van der Waals surface area contributed by atoms with Crippen LogP contribution in [0.3, 0.4) is 0 Å². The van der Waals surface area contributed by atoms with Crippen LogP contribution in [0.5, 0.6) is 0 Å². The van der Waals surface area contributed by atoms with E-state index in [1.807, 2.05) is 0 Å². The highest BCUT2D eigenvalue weighted by molar-refractivity contribution is 5.62. The van der Waals surface area contributed by atoms with Gasteiger partial charge in [0.25, 0.3) is 0 Å². The molecule has 1 aromatic heterocycles. The molecule has 0 unspecified atom stereocenters. The van der Waals surface area contributed by atoms with Crippen LogP contribution in [0.1, 0.15) is 20.4 Å². The number of benzene rings is 1. The van der Waals surface area contributed by atoms with E-state index in [1.165, 1.54) is 16.8 Å². The zero-order chi connectivity index (χ0) is 10.7. The number of halogens is 1. The van der Waals surface area contributed by atoms with Crippen molar-refractivity contribution < 1.29 is 8.96 Å². The molecule has 0 fully saturated rings. The van der Waals surface area contributed by atoms with Crippen molar-refractivity contribution in [2.75, 3.05) is 7.18 Å². The first-order chi connectivity index (χ1) is 7.45. The number of rotatable bonds is 0. The minimum Gasteiger partial charge on any atom is -0.255 e. The highest BCUT2D eigenvalue weighted by Crippen LogP contribution is 2.24. The Labute approximate surface area is 104 Å². The molecule has 0 saturated heterocycles. The monoisotopic (exact) mass is 234 g/mol. The first-order valence-electron chi connectivity index (χ1n) is 4.90. The summed E-state index contributed by atoms with van der Waals surface area (Å²) in [6.45, 7) is 1.02. The lowest BCUT2D eigenvalue weighted by molar-refractivity contribution is -0.672. The summed E-state index contributed by atoms with van der Waals surface area (Å²) in [7, 11) is 0.500. The summed E-state index contributed by atoms with van der Waals surface area (Å²) in [5, 5.41) is 0. The van der Waals surface area contributed by atoms with Crippen LogP contribution >= 0.6 is 0 Å². The molecule has 0 aliphatic carbocycles. The number of fused-ring (bicyclic) bond motifs is 3. The van der Waals surface area contributed by atoms with Gasteiger partial charge in [-0.1, -0.05) is 33.1 Å². The second-order valence-electron chi connectivity index (χ2n) is 3.37.